The Hall–Kier alpha value is -1.57. The third-order valence-corrected chi connectivity index (χ3v) is 3.80. The van der Waals surface area contributed by atoms with Crippen LogP contribution in [0.15, 0.2) is 48.5 Å². The maximum absolute atomic E-state index is 6.05. The van der Waals surface area contributed by atoms with E-state index < -0.39 is 0 Å². The molecule has 0 atom stereocenters. The fourth-order valence-corrected chi connectivity index (χ4v) is 2.34. The summed E-state index contributed by atoms with van der Waals surface area (Å²) in [7, 11) is 0. The molecule has 3 heteroatoms. The van der Waals surface area contributed by atoms with E-state index in [0.29, 0.717) is 10.0 Å². The van der Waals surface area contributed by atoms with Gasteiger partial charge in [0, 0.05) is 10.9 Å². The molecule has 0 unspecified atom stereocenters. The number of halogens is 2. The van der Waals surface area contributed by atoms with Crippen LogP contribution >= 0.6 is 23.2 Å². The number of benzene rings is 2. The second kappa shape index (κ2) is 4.84. The minimum absolute atomic E-state index is 0.547. The number of nitrogens with zero attached hydrogens (tertiary/aromatic N) is 1. The first kappa shape index (κ1) is 12.5. The van der Waals surface area contributed by atoms with Crippen molar-refractivity contribution >= 4 is 34.1 Å². The molecule has 0 radical (unpaired) electrons. The number of hydrogen-bond acceptors (Lipinski definition) is 1. The van der Waals surface area contributed by atoms with Gasteiger partial charge in [-0.25, -0.2) is 4.98 Å². The van der Waals surface area contributed by atoms with E-state index in [1.165, 1.54) is 5.56 Å². The molecule has 0 saturated heterocycles. The van der Waals surface area contributed by atoms with Gasteiger partial charge in [-0.2, -0.15) is 0 Å². The van der Waals surface area contributed by atoms with Gasteiger partial charge in [-0.3, -0.25) is 0 Å². The predicted molar refractivity (Wildman–Crippen MR) is 81.9 cm³/mol. The Balaban J connectivity index is 2.16. The molecule has 0 spiro atoms. The number of pyridine rings is 1. The summed E-state index contributed by atoms with van der Waals surface area (Å²) in [6, 6.07) is 15.9. The Morgan fingerprint density at radius 1 is 0.842 bits per heavy atom. The molecule has 2 aromatic carbocycles. The molecule has 0 saturated carbocycles. The number of rotatable bonds is 1. The molecule has 19 heavy (non-hydrogen) atoms. The van der Waals surface area contributed by atoms with E-state index in [1.807, 2.05) is 18.2 Å². The summed E-state index contributed by atoms with van der Waals surface area (Å²) in [6.45, 7) is 2.06. The van der Waals surface area contributed by atoms with Gasteiger partial charge in [-0.15, -0.1) is 0 Å². The van der Waals surface area contributed by atoms with Crippen LogP contribution in [-0.4, -0.2) is 4.98 Å². The lowest BCUT2D eigenvalue weighted by molar-refractivity contribution is 1.38. The molecule has 3 aromatic rings. The highest BCUT2D eigenvalue weighted by Gasteiger charge is 2.04. The number of aryl methyl sites for hydroxylation is 1. The average Bonchev–Trinajstić information content (AvgIpc) is 2.41. The fraction of sp³-hybridized carbons (Fsp3) is 0.0625. The highest BCUT2D eigenvalue weighted by Crippen LogP contribution is 2.28. The number of hydrogen-bond donors (Lipinski definition) is 0. The molecule has 1 aromatic heterocycles. The van der Waals surface area contributed by atoms with Gasteiger partial charge in [0.05, 0.1) is 21.3 Å². The molecule has 0 N–H and O–H groups in total. The van der Waals surface area contributed by atoms with Crippen molar-refractivity contribution in [3.8, 4) is 11.3 Å². The van der Waals surface area contributed by atoms with Crippen LogP contribution in [0.1, 0.15) is 5.56 Å². The van der Waals surface area contributed by atoms with E-state index in [4.69, 9.17) is 23.2 Å². The Labute approximate surface area is 121 Å². The van der Waals surface area contributed by atoms with Crippen LogP contribution in [0.25, 0.3) is 22.2 Å². The molecule has 0 bridgehead atoms. The zero-order valence-corrected chi connectivity index (χ0v) is 11.8. The van der Waals surface area contributed by atoms with Gasteiger partial charge in [-0.1, -0.05) is 47.5 Å². The minimum Gasteiger partial charge on any atom is -0.248 e. The number of fused-ring (bicyclic) bond motifs is 1. The molecule has 0 aliphatic rings. The zero-order valence-electron chi connectivity index (χ0n) is 10.3. The predicted octanol–water partition coefficient (Wildman–Crippen LogP) is 5.52. The zero-order chi connectivity index (χ0) is 13.4. The summed E-state index contributed by atoms with van der Waals surface area (Å²) in [4.78, 5) is 4.68. The van der Waals surface area contributed by atoms with Gasteiger partial charge in [0.2, 0.25) is 0 Å². The molecule has 0 amide bonds. The summed E-state index contributed by atoms with van der Waals surface area (Å²) >= 11 is 12.0. The lowest BCUT2D eigenvalue weighted by Crippen LogP contribution is -1.86. The van der Waals surface area contributed by atoms with Crippen LogP contribution in [0.5, 0.6) is 0 Å². The van der Waals surface area contributed by atoms with Crippen LogP contribution in [0.2, 0.25) is 10.0 Å². The first-order valence-electron chi connectivity index (χ1n) is 5.96. The first-order valence-corrected chi connectivity index (χ1v) is 6.72. The Kier molecular flexibility index (Phi) is 3.17. The van der Waals surface area contributed by atoms with Crippen LogP contribution in [0.4, 0.5) is 0 Å². The second-order valence-corrected chi connectivity index (χ2v) is 5.34. The van der Waals surface area contributed by atoms with Gasteiger partial charge in [0.15, 0.2) is 0 Å². The highest BCUT2D eigenvalue weighted by molar-refractivity contribution is 6.42. The van der Waals surface area contributed by atoms with Crippen molar-refractivity contribution in [3.05, 3.63) is 64.1 Å². The lowest BCUT2D eigenvalue weighted by atomic mass is 10.1. The molecule has 94 valence electrons. The van der Waals surface area contributed by atoms with Crippen molar-refractivity contribution in [2.45, 2.75) is 6.92 Å². The van der Waals surface area contributed by atoms with Crippen molar-refractivity contribution < 1.29 is 0 Å². The maximum Gasteiger partial charge on any atom is 0.0712 e. The van der Waals surface area contributed by atoms with Crippen LogP contribution in [0, 0.1) is 6.92 Å². The van der Waals surface area contributed by atoms with E-state index in [1.54, 1.807) is 6.07 Å². The maximum atomic E-state index is 6.05. The standard InChI is InChI=1S/C16H11Cl2N/c1-10-2-3-11-5-7-15(19-16(11)8-10)12-4-6-13(17)14(18)9-12/h2-9H,1H3. The first-order chi connectivity index (χ1) is 9.13. The van der Waals surface area contributed by atoms with Crippen molar-refractivity contribution in [2.24, 2.45) is 0 Å². The summed E-state index contributed by atoms with van der Waals surface area (Å²) in [6.07, 6.45) is 0. The quantitative estimate of drug-likeness (QED) is 0.574. The van der Waals surface area contributed by atoms with Gasteiger partial charge < -0.3 is 0 Å². The average molecular weight is 288 g/mol. The SMILES string of the molecule is Cc1ccc2ccc(-c3ccc(Cl)c(Cl)c3)nc2c1. The molecular weight excluding hydrogens is 277 g/mol. The van der Waals surface area contributed by atoms with Crippen LogP contribution < -0.4 is 0 Å². The van der Waals surface area contributed by atoms with Gasteiger partial charge in [0.25, 0.3) is 0 Å². The van der Waals surface area contributed by atoms with E-state index in [9.17, 15) is 0 Å². The van der Waals surface area contributed by atoms with Crippen molar-refractivity contribution in [3.63, 3.8) is 0 Å². The molecule has 1 nitrogen and oxygen atoms in total. The Morgan fingerprint density at radius 2 is 1.63 bits per heavy atom. The highest BCUT2D eigenvalue weighted by atomic mass is 35.5. The topological polar surface area (TPSA) is 12.9 Å². The third kappa shape index (κ3) is 2.44. The largest absolute Gasteiger partial charge is 0.248 e. The Bertz CT molecular complexity index is 766. The van der Waals surface area contributed by atoms with Crippen molar-refractivity contribution in [1.82, 2.24) is 4.98 Å². The normalized spacial score (nSPS) is 10.9. The monoisotopic (exact) mass is 287 g/mol. The Morgan fingerprint density at radius 3 is 2.42 bits per heavy atom. The second-order valence-electron chi connectivity index (χ2n) is 4.52. The number of aromatic nitrogens is 1. The van der Waals surface area contributed by atoms with Gasteiger partial charge >= 0.3 is 0 Å². The molecule has 3 rings (SSSR count). The van der Waals surface area contributed by atoms with Crippen LogP contribution in [0.3, 0.4) is 0 Å². The summed E-state index contributed by atoms with van der Waals surface area (Å²) in [5.74, 6) is 0. The molecule has 0 fully saturated rings. The van der Waals surface area contributed by atoms with E-state index >= 15 is 0 Å². The summed E-state index contributed by atoms with van der Waals surface area (Å²) in [5, 5.41) is 2.24. The van der Waals surface area contributed by atoms with E-state index in [-0.39, 0.29) is 0 Å². The molecule has 1 heterocycles. The fourth-order valence-electron chi connectivity index (χ4n) is 2.04. The molecule has 0 aliphatic carbocycles. The van der Waals surface area contributed by atoms with E-state index in [2.05, 4.69) is 36.2 Å². The molecular formula is C16H11Cl2N. The van der Waals surface area contributed by atoms with Crippen molar-refractivity contribution in [1.29, 1.82) is 0 Å². The van der Waals surface area contributed by atoms with Gasteiger partial charge in [-0.05, 0) is 36.8 Å². The summed E-state index contributed by atoms with van der Waals surface area (Å²) in [5.41, 5.74) is 4.06. The van der Waals surface area contributed by atoms with Crippen molar-refractivity contribution in [2.75, 3.05) is 0 Å². The summed E-state index contributed by atoms with van der Waals surface area (Å²) < 4.78 is 0. The lowest BCUT2D eigenvalue weighted by Gasteiger charge is -2.05. The molecule has 0 aliphatic heterocycles. The smallest absolute Gasteiger partial charge is 0.0712 e. The third-order valence-electron chi connectivity index (χ3n) is 3.06. The minimum atomic E-state index is 0.547. The van der Waals surface area contributed by atoms with Gasteiger partial charge in [0.1, 0.15) is 0 Å². The van der Waals surface area contributed by atoms with E-state index in [0.717, 1.165) is 22.2 Å². The van der Waals surface area contributed by atoms with Crippen LogP contribution in [-0.2, 0) is 0 Å².